The summed E-state index contributed by atoms with van der Waals surface area (Å²) in [5, 5.41) is 5.03. The molecule has 130 valence electrons. The molecule has 1 aliphatic heterocycles. The topological polar surface area (TPSA) is 63.6 Å². The normalized spacial score (nSPS) is 13.8. The number of nitrogens with one attached hydrogen (secondary N) is 1. The molecule has 0 atom stereocenters. The second kappa shape index (κ2) is 6.41. The standard InChI is InChI=1S/C19H16N4OS2/c24-17-16-14-3-1-10-25-19(14)26-18(16)22-15(21-17)11-12-4-6-13(7-5-12)23-9-2-8-20-23/h2,4-9H,1,3,10-11H2,(H,21,22,24). The van der Waals surface area contributed by atoms with Crippen molar-refractivity contribution in [3.63, 3.8) is 0 Å². The number of hydrogen-bond acceptors (Lipinski definition) is 5. The number of aryl methyl sites for hydroxylation is 1. The van der Waals surface area contributed by atoms with E-state index in [1.807, 2.05) is 40.8 Å². The SMILES string of the molecule is O=c1[nH]c(Cc2ccc(-n3cccn3)cc2)nc2sc3c(c12)CCCS3. The minimum Gasteiger partial charge on any atom is -0.310 e. The fraction of sp³-hybridized carbons (Fsp3) is 0.211. The molecular formula is C19H16N4OS2. The number of hydrogen-bond donors (Lipinski definition) is 1. The van der Waals surface area contributed by atoms with Crippen molar-refractivity contribution < 1.29 is 0 Å². The van der Waals surface area contributed by atoms with Crippen LogP contribution in [0, 0.1) is 0 Å². The second-order valence-electron chi connectivity index (χ2n) is 6.31. The zero-order valence-corrected chi connectivity index (χ0v) is 15.6. The summed E-state index contributed by atoms with van der Waals surface area (Å²) in [4.78, 5) is 21.2. The molecule has 1 aromatic carbocycles. The number of aromatic amines is 1. The summed E-state index contributed by atoms with van der Waals surface area (Å²) >= 11 is 3.51. The van der Waals surface area contributed by atoms with Gasteiger partial charge in [0, 0.05) is 18.8 Å². The number of aromatic nitrogens is 4. The molecule has 0 radical (unpaired) electrons. The third-order valence-electron chi connectivity index (χ3n) is 4.55. The molecule has 0 unspecified atom stereocenters. The van der Waals surface area contributed by atoms with Gasteiger partial charge >= 0.3 is 0 Å². The fourth-order valence-electron chi connectivity index (χ4n) is 3.31. The molecule has 5 nitrogen and oxygen atoms in total. The van der Waals surface area contributed by atoms with Crippen LogP contribution in [0.2, 0.25) is 0 Å². The fourth-order valence-corrected chi connectivity index (χ4v) is 5.86. The van der Waals surface area contributed by atoms with E-state index in [1.165, 1.54) is 9.77 Å². The Labute approximate surface area is 158 Å². The van der Waals surface area contributed by atoms with E-state index >= 15 is 0 Å². The van der Waals surface area contributed by atoms with Crippen molar-refractivity contribution in [3.8, 4) is 5.69 Å². The average molecular weight is 380 g/mol. The Hall–Kier alpha value is -2.38. The highest BCUT2D eigenvalue weighted by molar-refractivity contribution is 8.01. The Kier molecular flexibility index (Phi) is 3.90. The molecule has 1 N–H and O–H groups in total. The Morgan fingerprint density at radius 1 is 1.23 bits per heavy atom. The van der Waals surface area contributed by atoms with Crippen LogP contribution in [-0.2, 0) is 12.8 Å². The molecule has 0 bridgehead atoms. The summed E-state index contributed by atoms with van der Waals surface area (Å²) in [6.45, 7) is 0. The maximum atomic E-state index is 12.6. The van der Waals surface area contributed by atoms with Gasteiger partial charge in [0.1, 0.15) is 10.7 Å². The Bertz CT molecular complexity index is 1130. The van der Waals surface area contributed by atoms with Crippen molar-refractivity contribution >= 4 is 33.3 Å². The van der Waals surface area contributed by atoms with Crippen LogP contribution in [0.1, 0.15) is 23.4 Å². The van der Waals surface area contributed by atoms with Crippen molar-refractivity contribution in [2.24, 2.45) is 0 Å². The Balaban J connectivity index is 1.47. The number of benzene rings is 1. The van der Waals surface area contributed by atoms with Gasteiger partial charge in [-0.25, -0.2) is 9.67 Å². The summed E-state index contributed by atoms with van der Waals surface area (Å²) < 4.78 is 3.09. The molecule has 3 aromatic heterocycles. The summed E-state index contributed by atoms with van der Waals surface area (Å²) in [6, 6.07) is 10.1. The maximum Gasteiger partial charge on any atom is 0.259 e. The van der Waals surface area contributed by atoms with Gasteiger partial charge in [-0.3, -0.25) is 4.79 Å². The van der Waals surface area contributed by atoms with Crippen LogP contribution in [0.15, 0.2) is 51.7 Å². The van der Waals surface area contributed by atoms with Crippen molar-refractivity contribution in [3.05, 3.63) is 70.0 Å². The first kappa shape index (κ1) is 15.8. The van der Waals surface area contributed by atoms with Crippen molar-refractivity contribution in [1.29, 1.82) is 0 Å². The van der Waals surface area contributed by atoms with Crippen LogP contribution in [0.4, 0.5) is 0 Å². The number of fused-ring (bicyclic) bond motifs is 3. The summed E-state index contributed by atoms with van der Waals surface area (Å²) in [6.07, 6.45) is 6.41. The van der Waals surface area contributed by atoms with E-state index in [4.69, 9.17) is 4.98 Å². The van der Waals surface area contributed by atoms with E-state index in [1.54, 1.807) is 17.5 Å². The minimum absolute atomic E-state index is 0.00170. The molecular weight excluding hydrogens is 364 g/mol. The number of rotatable bonds is 3. The molecule has 4 aromatic rings. The van der Waals surface area contributed by atoms with E-state index in [0.717, 1.165) is 45.9 Å². The minimum atomic E-state index is -0.00170. The molecule has 7 heteroatoms. The first-order valence-electron chi connectivity index (χ1n) is 8.54. The van der Waals surface area contributed by atoms with E-state index < -0.39 is 0 Å². The zero-order chi connectivity index (χ0) is 17.5. The largest absolute Gasteiger partial charge is 0.310 e. The number of thioether (sulfide) groups is 1. The van der Waals surface area contributed by atoms with Crippen LogP contribution in [0.5, 0.6) is 0 Å². The van der Waals surface area contributed by atoms with E-state index in [0.29, 0.717) is 6.42 Å². The summed E-state index contributed by atoms with van der Waals surface area (Å²) in [5.74, 6) is 1.85. The van der Waals surface area contributed by atoms with Crippen molar-refractivity contribution in [2.45, 2.75) is 23.5 Å². The molecule has 0 aliphatic carbocycles. The van der Waals surface area contributed by atoms with Crippen LogP contribution in [0.25, 0.3) is 15.9 Å². The highest BCUT2D eigenvalue weighted by atomic mass is 32.2. The third-order valence-corrected chi connectivity index (χ3v) is 7.08. The van der Waals surface area contributed by atoms with Crippen LogP contribution in [-0.4, -0.2) is 25.5 Å². The monoisotopic (exact) mass is 380 g/mol. The number of nitrogens with zero attached hydrogens (tertiary/aromatic N) is 3. The molecule has 0 spiro atoms. The van der Waals surface area contributed by atoms with Crippen molar-refractivity contribution in [1.82, 2.24) is 19.7 Å². The average Bonchev–Trinajstić information content (AvgIpc) is 3.30. The van der Waals surface area contributed by atoms with Gasteiger partial charge in [-0.15, -0.1) is 23.1 Å². The Morgan fingerprint density at radius 2 is 2.12 bits per heavy atom. The highest BCUT2D eigenvalue weighted by Crippen LogP contribution is 2.40. The van der Waals surface area contributed by atoms with Gasteiger partial charge in [0.15, 0.2) is 0 Å². The molecule has 1 aliphatic rings. The molecule has 5 rings (SSSR count). The third kappa shape index (κ3) is 2.77. The van der Waals surface area contributed by atoms with Gasteiger partial charge in [-0.2, -0.15) is 5.10 Å². The number of thiophene rings is 1. The van der Waals surface area contributed by atoms with Gasteiger partial charge in [-0.1, -0.05) is 12.1 Å². The second-order valence-corrected chi connectivity index (χ2v) is 8.67. The number of H-pyrrole nitrogens is 1. The maximum absolute atomic E-state index is 12.6. The van der Waals surface area contributed by atoms with E-state index in [2.05, 4.69) is 22.2 Å². The van der Waals surface area contributed by atoms with Crippen LogP contribution < -0.4 is 5.56 Å². The molecule has 0 fully saturated rings. The molecule has 0 saturated carbocycles. The van der Waals surface area contributed by atoms with Gasteiger partial charge in [0.2, 0.25) is 0 Å². The Morgan fingerprint density at radius 3 is 2.92 bits per heavy atom. The molecule has 4 heterocycles. The lowest BCUT2D eigenvalue weighted by atomic mass is 10.1. The molecule has 0 saturated heterocycles. The molecule has 0 amide bonds. The van der Waals surface area contributed by atoms with Crippen LogP contribution >= 0.6 is 23.1 Å². The van der Waals surface area contributed by atoms with E-state index in [-0.39, 0.29) is 5.56 Å². The summed E-state index contributed by atoms with van der Waals surface area (Å²) in [5.41, 5.74) is 3.32. The van der Waals surface area contributed by atoms with Gasteiger partial charge in [0.25, 0.3) is 5.56 Å². The smallest absolute Gasteiger partial charge is 0.259 e. The van der Waals surface area contributed by atoms with Gasteiger partial charge < -0.3 is 4.98 Å². The first-order chi connectivity index (χ1) is 12.8. The molecule has 26 heavy (non-hydrogen) atoms. The van der Waals surface area contributed by atoms with Gasteiger partial charge in [0.05, 0.1) is 15.3 Å². The summed E-state index contributed by atoms with van der Waals surface area (Å²) in [7, 11) is 0. The first-order valence-corrected chi connectivity index (χ1v) is 10.3. The quantitative estimate of drug-likeness (QED) is 0.587. The van der Waals surface area contributed by atoms with E-state index in [9.17, 15) is 4.79 Å². The lowest BCUT2D eigenvalue weighted by Crippen LogP contribution is -2.13. The van der Waals surface area contributed by atoms with Gasteiger partial charge in [-0.05, 0) is 47.9 Å². The van der Waals surface area contributed by atoms with Crippen molar-refractivity contribution in [2.75, 3.05) is 5.75 Å². The lowest BCUT2D eigenvalue weighted by Gasteiger charge is -2.09. The highest BCUT2D eigenvalue weighted by Gasteiger charge is 2.20. The predicted molar refractivity (Wildman–Crippen MR) is 106 cm³/mol. The van der Waals surface area contributed by atoms with Crippen LogP contribution in [0.3, 0.4) is 0 Å². The zero-order valence-electron chi connectivity index (χ0n) is 13.9. The lowest BCUT2D eigenvalue weighted by molar-refractivity contribution is 0.878. The predicted octanol–water partition coefficient (Wildman–Crippen LogP) is 3.80.